The van der Waals surface area contributed by atoms with Gasteiger partial charge in [0.1, 0.15) is 6.34 Å². The van der Waals surface area contributed by atoms with Crippen LogP contribution in [0, 0.1) is 0 Å². The van der Waals surface area contributed by atoms with E-state index in [9.17, 15) is 13.6 Å². The van der Waals surface area contributed by atoms with Crippen molar-refractivity contribution in [3.8, 4) is 0 Å². The summed E-state index contributed by atoms with van der Waals surface area (Å²) in [6.45, 7) is 1.40. The van der Waals surface area contributed by atoms with E-state index < -0.39 is 16.3 Å². The summed E-state index contributed by atoms with van der Waals surface area (Å²) >= 11 is 6.13. The first-order chi connectivity index (χ1) is 15.0. The number of halogens is 2. The highest BCUT2D eigenvalue weighted by Crippen LogP contribution is 2.44. The predicted octanol–water partition coefficient (Wildman–Crippen LogP) is 4.66. The molecule has 2 heterocycles. The zero-order valence-electron chi connectivity index (χ0n) is 17.6. The zero-order valence-corrected chi connectivity index (χ0v) is 20.0. The average Bonchev–Trinajstić information content (AvgIpc) is 2.80. The molecule has 2 aliphatic heterocycles. The van der Waals surface area contributed by atoms with E-state index in [0.29, 0.717) is 31.1 Å². The minimum Gasteiger partial charge on any atom is -0.410 e. The Bertz CT molecular complexity index is 1000. The van der Waals surface area contributed by atoms with Crippen LogP contribution in [0.25, 0.3) is 0 Å². The van der Waals surface area contributed by atoms with Gasteiger partial charge in [-0.25, -0.2) is 0 Å². The van der Waals surface area contributed by atoms with Crippen LogP contribution >= 0.6 is 24.0 Å². The molecule has 32 heavy (non-hydrogen) atoms. The van der Waals surface area contributed by atoms with Crippen LogP contribution in [-0.2, 0) is 10.2 Å². The number of piperidine rings is 1. The SMILES string of the molecule is Cl.O=S(=O)(N1CCCCC1)N1C(c2ccc(Cl)cc2)C(c2ccccc2)CCN1C=NO. The molecule has 2 saturated heterocycles. The molecule has 0 aromatic heterocycles. The van der Waals surface area contributed by atoms with Crippen molar-refractivity contribution in [2.75, 3.05) is 19.6 Å². The number of hydrogen-bond donors (Lipinski definition) is 1. The van der Waals surface area contributed by atoms with Crippen molar-refractivity contribution >= 4 is 40.6 Å². The molecular formula is C22H28Cl2N4O3S. The maximum atomic E-state index is 13.9. The summed E-state index contributed by atoms with van der Waals surface area (Å²) in [5, 5.41) is 14.5. The van der Waals surface area contributed by atoms with Crippen LogP contribution in [0.4, 0.5) is 0 Å². The van der Waals surface area contributed by atoms with Gasteiger partial charge in [0.15, 0.2) is 0 Å². The molecule has 0 spiro atoms. The number of benzene rings is 2. The van der Waals surface area contributed by atoms with E-state index in [4.69, 9.17) is 11.6 Å². The first-order valence-corrected chi connectivity index (χ1v) is 12.3. The molecule has 0 saturated carbocycles. The van der Waals surface area contributed by atoms with E-state index in [-0.39, 0.29) is 18.3 Å². The zero-order chi connectivity index (χ0) is 21.8. The minimum absolute atomic E-state index is 0. The van der Waals surface area contributed by atoms with Crippen molar-refractivity contribution < 1.29 is 13.6 Å². The van der Waals surface area contributed by atoms with Crippen molar-refractivity contribution in [1.29, 1.82) is 0 Å². The fourth-order valence-electron chi connectivity index (χ4n) is 4.57. The Morgan fingerprint density at radius 1 is 0.938 bits per heavy atom. The van der Waals surface area contributed by atoms with Crippen LogP contribution in [0.1, 0.15) is 48.8 Å². The van der Waals surface area contributed by atoms with Crippen LogP contribution < -0.4 is 0 Å². The first-order valence-electron chi connectivity index (χ1n) is 10.6. The Morgan fingerprint density at radius 2 is 1.59 bits per heavy atom. The van der Waals surface area contributed by atoms with Crippen LogP contribution in [0.15, 0.2) is 59.8 Å². The third-order valence-corrected chi connectivity index (χ3v) is 8.22. The molecule has 2 atom stereocenters. The van der Waals surface area contributed by atoms with Gasteiger partial charge in [0.2, 0.25) is 0 Å². The molecule has 2 fully saturated rings. The summed E-state index contributed by atoms with van der Waals surface area (Å²) in [4.78, 5) is 0. The molecule has 2 aromatic rings. The highest BCUT2D eigenvalue weighted by Gasteiger charge is 2.46. The summed E-state index contributed by atoms with van der Waals surface area (Å²) in [5.74, 6) is -0.0646. The lowest BCUT2D eigenvalue weighted by Gasteiger charge is -2.48. The topological polar surface area (TPSA) is 76.5 Å². The minimum atomic E-state index is -3.85. The Balaban J connectivity index is 0.00000289. The molecule has 4 rings (SSSR count). The fourth-order valence-corrected chi connectivity index (χ4v) is 6.60. The number of hydrazine groups is 1. The maximum absolute atomic E-state index is 13.9. The highest BCUT2D eigenvalue weighted by molar-refractivity contribution is 7.86. The molecular weight excluding hydrogens is 471 g/mol. The van der Waals surface area contributed by atoms with Gasteiger partial charge in [-0.15, -0.1) is 12.4 Å². The Kier molecular flexibility index (Phi) is 8.41. The lowest BCUT2D eigenvalue weighted by atomic mass is 9.83. The number of hydrogen-bond acceptors (Lipinski definition) is 4. The number of rotatable bonds is 5. The van der Waals surface area contributed by atoms with Gasteiger partial charge in [-0.1, -0.05) is 70.1 Å². The molecule has 0 radical (unpaired) electrons. The van der Waals surface area contributed by atoms with Gasteiger partial charge in [0.05, 0.1) is 6.04 Å². The van der Waals surface area contributed by atoms with Gasteiger partial charge in [-0.05, 0) is 42.5 Å². The third kappa shape index (κ3) is 5.05. The molecule has 7 nitrogen and oxygen atoms in total. The fraction of sp³-hybridized carbons (Fsp3) is 0.409. The van der Waals surface area contributed by atoms with Crippen LogP contribution in [0.5, 0.6) is 0 Å². The maximum Gasteiger partial charge on any atom is 0.299 e. The highest BCUT2D eigenvalue weighted by atomic mass is 35.5. The van der Waals surface area contributed by atoms with E-state index in [1.54, 1.807) is 16.4 Å². The first kappa shape index (κ1) is 24.8. The van der Waals surface area contributed by atoms with Crippen molar-refractivity contribution in [3.63, 3.8) is 0 Å². The van der Waals surface area contributed by atoms with Crippen molar-refractivity contribution in [1.82, 2.24) is 13.7 Å². The molecule has 2 aromatic carbocycles. The van der Waals surface area contributed by atoms with Crippen LogP contribution in [0.3, 0.4) is 0 Å². The average molecular weight is 499 g/mol. The summed E-state index contributed by atoms with van der Waals surface area (Å²) in [7, 11) is -3.85. The van der Waals surface area contributed by atoms with E-state index in [2.05, 4.69) is 5.16 Å². The van der Waals surface area contributed by atoms with Gasteiger partial charge in [0, 0.05) is 30.6 Å². The van der Waals surface area contributed by atoms with Crippen molar-refractivity contribution in [2.24, 2.45) is 5.16 Å². The largest absolute Gasteiger partial charge is 0.410 e. The van der Waals surface area contributed by atoms with Gasteiger partial charge < -0.3 is 5.21 Å². The summed E-state index contributed by atoms with van der Waals surface area (Å²) in [6.07, 6.45) is 4.60. The molecule has 0 aliphatic carbocycles. The molecule has 2 unspecified atom stereocenters. The number of nitrogens with zero attached hydrogens (tertiary/aromatic N) is 4. The van der Waals surface area contributed by atoms with Gasteiger partial charge in [-0.2, -0.15) is 12.7 Å². The Labute approximate surface area is 200 Å². The van der Waals surface area contributed by atoms with Crippen molar-refractivity contribution in [3.05, 3.63) is 70.7 Å². The molecule has 174 valence electrons. The molecule has 2 aliphatic rings. The Morgan fingerprint density at radius 3 is 2.22 bits per heavy atom. The van der Waals surface area contributed by atoms with Gasteiger partial charge in [-0.3, -0.25) is 5.01 Å². The van der Waals surface area contributed by atoms with Gasteiger partial charge >= 0.3 is 0 Å². The van der Waals surface area contributed by atoms with Crippen LogP contribution in [0.2, 0.25) is 5.02 Å². The predicted molar refractivity (Wildman–Crippen MR) is 128 cm³/mol. The van der Waals surface area contributed by atoms with Gasteiger partial charge in [0.25, 0.3) is 10.2 Å². The lowest BCUT2D eigenvalue weighted by Crippen LogP contribution is -2.58. The standard InChI is InChI=1S/C22H27ClN4O3S.ClH/c23-20-11-9-19(10-12-20)22-21(18-7-3-1-4-8-18)13-16-25(17-24-28)27(22)31(29,30)26-14-5-2-6-15-26;/h1,3-4,7-12,17,21-22,28H,2,5-6,13-16H2;1H. The van der Waals surface area contributed by atoms with Crippen molar-refractivity contribution in [2.45, 2.75) is 37.6 Å². The second-order valence-corrected chi connectivity index (χ2v) is 10.2. The second-order valence-electron chi connectivity index (χ2n) is 7.94. The molecule has 1 N–H and O–H groups in total. The summed E-state index contributed by atoms with van der Waals surface area (Å²) in [5.41, 5.74) is 1.91. The third-order valence-electron chi connectivity index (χ3n) is 6.04. The monoisotopic (exact) mass is 498 g/mol. The summed E-state index contributed by atoms with van der Waals surface area (Å²) in [6, 6.07) is 16.8. The molecule has 0 bridgehead atoms. The smallest absolute Gasteiger partial charge is 0.299 e. The van der Waals surface area contributed by atoms with E-state index >= 15 is 0 Å². The number of oxime groups is 1. The van der Waals surface area contributed by atoms with E-state index in [1.807, 2.05) is 42.5 Å². The second kappa shape index (κ2) is 10.9. The Hall–Kier alpha value is -1.84. The van der Waals surface area contributed by atoms with Crippen LogP contribution in [-0.4, -0.2) is 53.3 Å². The lowest BCUT2D eigenvalue weighted by molar-refractivity contribution is 0.0330. The normalized spacial score (nSPS) is 23.2. The van der Waals surface area contributed by atoms with E-state index in [1.165, 1.54) is 15.8 Å². The molecule has 10 heteroatoms. The molecule has 0 amide bonds. The summed E-state index contributed by atoms with van der Waals surface area (Å²) < 4.78 is 30.7. The quantitative estimate of drug-likeness (QED) is 0.281. The van der Waals surface area contributed by atoms with E-state index in [0.717, 1.165) is 30.4 Å².